The van der Waals surface area contributed by atoms with Crippen molar-refractivity contribution in [2.75, 3.05) is 0 Å². The van der Waals surface area contributed by atoms with E-state index in [4.69, 9.17) is 0 Å². The van der Waals surface area contributed by atoms with Gasteiger partial charge in [0.25, 0.3) is 0 Å². The van der Waals surface area contributed by atoms with Gasteiger partial charge < -0.3 is 0 Å². The summed E-state index contributed by atoms with van der Waals surface area (Å²) in [5.74, 6) is 0. The van der Waals surface area contributed by atoms with Gasteiger partial charge in [-0.2, -0.15) is 0 Å². The van der Waals surface area contributed by atoms with Crippen LogP contribution in [0, 0.1) is 13.8 Å². The molecule has 1 aliphatic rings. The van der Waals surface area contributed by atoms with Crippen molar-refractivity contribution in [2.24, 2.45) is 0 Å². The van der Waals surface area contributed by atoms with Crippen LogP contribution in [0.4, 0.5) is 0 Å². The van der Waals surface area contributed by atoms with E-state index in [1.807, 2.05) is 0 Å². The topological polar surface area (TPSA) is 0 Å². The molecule has 2 heteroatoms. The average molecular weight is 582 g/mol. The van der Waals surface area contributed by atoms with E-state index >= 15 is 0 Å². The summed E-state index contributed by atoms with van der Waals surface area (Å²) < 4.78 is 2.56. The summed E-state index contributed by atoms with van der Waals surface area (Å²) in [5, 5.41) is 0. The zero-order valence-electron chi connectivity index (χ0n) is 20.9. The van der Waals surface area contributed by atoms with Crippen LogP contribution in [0.5, 0.6) is 0 Å². The first-order chi connectivity index (χ1) is 16.5. The summed E-state index contributed by atoms with van der Waals surface area (Å²) in [5.41, 5.74) is 11.8. The molecular weight excluding hydrogens is 544 g/mol. The third-order valence-electron chi connectivity index (χ3n) is 7.54. The van der Waals surface area contributed by atoms with E-state index in [9.17, 15) is 0 Å². The van der Waals surface area contributed by atoms with Crippen LogP contribution in [0.2, 0.25) is 0 Å². The first kappa shape index (κ1) is 25.7. The van der Waals surface area contributed by atoms with Crippen LogP contribution in [0.15, 0.2) is 57.5 Å². The highest BCUT2D eigenvalue weighted by atomic mass is 79.9. The van der Waals surface area contributed by atoms with Crippen molar-refractivity contribution in [1.29, 1.82) is 0 Å². The molecule has 0 saturated carbocycles. The predicted molar refractivity (Wildman–Crippen MR) is 154 cm³/mol. The molecule has 0 amide bonds. The Bertz CT molecular complexity index is 1040. The van der Waals surface area contributed by atoms with E-state index in [1.54, 1.807) is 11.1 Å². The molecule has 4 rings (SSSR count). The molecule has 0 fully saturated rings. The lowest BCUT2D eigenvalue weighted by molar-refractivity contribution is 0.672. The lowest BCUT2D eigenvalue weighted by atomic mass is 9.86. The SMILES string of the molecule is Cc1ccc(CCCCCc2cc(Br)c(CCCCCc3ccc4c(c3)CC4)cc2Br)cc1C. The number of benzene rings is 3. The maximum atomic E-state index is 3.85. The highest BCUT2D eigenvalue weighted by Gasteiger charge is 2.12. The van der Waals surface area contributed by atoms with Crippen molar-refractivity contribution in [3.63, 3.8) is 0 Å². The maximum absolute atomic E-state index is 3.85. The van der Waals surface area contributed by atoms with Crippen molar-refractivity contribution in [3.8, 4) is 0 Å². The normalized spacial score (nSPS) is 12.5. The largest absolute Gasteiger partial charge is 0.0588 e. The molecule has 0 nitrogen and oxygen atoms in total. The number of unbranched alkanes of at least 4 members (excludes halogenated alkanes) is 4. The van der Waals surface area contributed by atoms with Crippen molar-refractivity contribution in [2.45, 2.75) is 90.9 Å². The van der Waals surface area contributed by atoms with Crippen molar-refractivity contribution in [1.82, 2.24) is 0 Å². The van der Waals surface area contributed by atoms with Crippen LogP contribution < -0.4 is 0 Å². The second-order valence-electron chi connectivity index (χ2n) is 10.2. The Labute approximate surface area is 223 Å². The van der Waals surface area contributed by atoms with Gasteiger partial charge in [-0.25, -0.2) is 0 Å². The molecule has 34 heavy (non-hydrogen) atoms. The lowest BCUT2D eigenvalue weighted by Gasteiger charge is -2.19. The fourth-order valence-corrected chi connectivity index (χ4v) is 6.20. The molecule has 3 aromatic rings. The van der Waals surface area contributed by atoms with E-state index in [0.717, 1.165) is 12.8 Å². The maximum Gasteiger partial charge on any atom is 0.0210 e. The highest BCUT2D eigenvalue weighted by Crippen LogP contribution is 2.29. The van der Waals surface area contributed by atoms with E-state index in [-0.39, 0.29) is 0 Å². The van der Waals surface area contributed by atoms with Crippen LogP contribution in [-0.4, -0.2) is 0 Å². The van der Waals surface area contributed by atoms with E-state index in [2.05, 4.69) is 94.2 Å². The monoisotopic (exact) mass is 580 g/mol. The van der Waals surface area contributed by atoms with Crippen LogP contribution in [0.3, 0.4) is 0 Å². The first-order valence-corrected chi connectivity index (χ1v) is 14.7. The molecule has 0 N–H and O–H groups in total. The average Bonchev–Trinajstić information content (AvgIpc) is 2.80. The van der Waals surface area contributed by atoms with Crippen LogP contribution in [0.25, 0.3) is 0 Å². The van der Waals surface area contributed by atoms with E-state index < -0.39 is 0 Å². The van der Waals surface area contributed by atoms with Gasteiger partial charge in [0.15, 0.2) is 0 Å². The Kier molecular flexibility index (Phi) is 9.48. The lowest BCUT2D eigenvalue weighted by Crippen LogP contribution is -2.08. The zero-order valence-corrected chi connectivity index (χ0v) is 24.0. The Morgan fingerprint density at radius 1 is 0.529 bits per heavy atom. The molecule has 0 aliphatic heterocycles. The van der Waals surface area contributed by atoms with Gasteiger partial charge in [0.05, 0.1) is 0 Å². The standard InChI is InChI=1S/C32H38Br2/c1-23-13-14-25(19-24(23)2)9-5-3-7-11-29-21-32(34)30(22-31(29)33)12-8-4-6-10-26-15-16-27-17-18-28(27)20-26/h13-16,19-22H,3-12,17-18H2,1-2H3. The molecule has 0 unspecified atom stereocenters. The minimum absolute atomic E-state index is 1.15. The summed E-state index contributed by atoms with van der Waals surface area (Å²) in [6, 6.07) is 18.7. The Hall–Kier alpha value is -1.38. The predicted octanol–water partition coefficient (Wildman–Crippen LogP) is 9.84. The van der Waals surface area contributed by atoms with Gasteiger partial charge in [0.2, 0.25) is 0 Å². The zero-order chi connectivity index (χ0) is 23.9. The van der Waals surface area contributed by atoms with E-state index in [1.165, 1.54) is 107 Å². The molecule has 0 saturated heterocycles. The van der Waals surface area contributed by atoms with Gasteiger partial charge in [-0.3, -0.25) is 0 Å². The molecule has 0 spiro atoms. The van der Waals surface area contributed by atoms with Gasteiger partial charge >= 0.3 is 0 Å². The fourth-order valence-electron chi connectivity index (χ4n) is 5.02. The first-order valence-electron chi connectivity index (χ1n) is 13.1. The minimum atomic E-state index is 1.15. The highest BCUT2D eigenvalue weighted by molar-refractivity contribution is 9.11. The van der Waals surface area contributed by atoms with Gasteiger partial charge in [-0.15, -0.1) is 0 Å². The molecule has 180 valence electrons. The number of aryl methyl sites for hydroxylation is 8. The summed E-state index contributed by atoms with van der Waals surface area (Å²) in [4.78, 5) is 0. The molecule has 0 radical (unpaired) electrons. The fraction of sp³-hybridized carbons (Fsp3) is 0.438. The summed E-state index contributed by atoms with van der Waals surface area (Å²) in [6.07, 6.45) is 14.9. The molecular formula is C32H38Br2. The summed E-state index contributed by atoms with van der Waals surface area (Å²) >= 11 is 7.71. The Balaban J connectivity index is 1.15. The summed E-state index contributed by atoms with van der Waals surface area (Å²) in [6.45, 7) is 4.40. The van der Waals surface area contributed by atoms with Crippen molar-refractivity contribution in [3.05, 3.63) is 102 Å². The van der Waals surface area contributed by atoms with Gasteiger partial charge in [0.1, 0.15) is 0 Å². The Morgan fingerprint density at radius 3 is 1.59 bits per heavy atom. The van der Waals surface area contributed by atoms with Crippen molar-refractivity contribution < 1.29 is 0 Å². The molecule has 0 bridgehead atoms. The van der Waals surface area contributed by atoms with Crippen LogP contribution >= 0.6 is 31.9 Å². The van der Waals surface area contributed by atoms with Gasteiger partial charge in [-0.1, -0.05) is 81.1 Å². The second kappa shape index (κ2) is 12.5. The third kappa shape index (κ3) is 7.08. The molecule has 1 aliphatic carbocycles. The number of halogens is 2. The molecule has 0 heterocycles. The summed E-state index contributed by atoms with van der Waals surface area (Å²) in [7, 11) is 0. The molecule has 3 aromatic carbocycles. The van der Waals surface area contributed by atoms with Crippen LogP contribution in [0.1, 0.15) is 83.0 Å². The van der Waals surface area contributed by atoms with Gasteiger partial charge in [-0.05, 0) is 135 Å². The van der Waals surface area contributed by atoms with Crippen molar-refractivity contribution >= 4 is 31.9 Å². The van der Waals surface area contributed by atoms with Gasteiger partial charge in [0, 0.05) is 8.95 Å². The number of rotatable bonds is 12. The van der Waals surface area contributed by atoms with Crippen LogP contribution in [-0.2, 0) is 38.5 Å². The third-order valence-corrected chi connectivity index (χ3v) is 9.02. The van der Waals surface area contributed by atoms with E-state index in [0.29, 0.717) is 0 Å². The molecule has 0 atom stereocenters. The number of fused-ring (bicyclic) bond motifs is 1. The number of hydrogen-bond donors (Lipinski definition) is 0. The minimum Gasteiger partial charge on any atom is -0.0588 e. The Morgan fingerprint density at radius 2 is 1.06 bits per heavy atom. The molecule has 0 aromatic heterocycles. The second-order valence-corrected chi connectivity index (χ2v) is 11.9. The number of hydrogen-bond acceptors (Lipinski definition) is 0. The smallest absolute Gasteiger partial charge is 0.0210 e. The quantitative estimate of drug-likeness (QED) is 0.187.